The van der Waals surface area contributed by atoms with Gasteiger partial charge in [0, 0.05) is 28.7 Å². The van der Waals surface area contributed by atoms with Crippen LogP contribution in [0.15, 0.2) is 51.5 Å². The molecule has 1 aliphatic heterocycles. The third-order valence-electron chi connectivity index (χ3n) is 4.52. The highest BCUT2D eigenvalue weighted by Gasteiger charge is 2.35. The molecule has 1 aliphatic rings. The summed E-state index contributed by atoms with van der Waals surface area (Å²) >= 11 is 3.45. The van der Waals surface area contributed by atoms with Gasteiger partial charge in [0.15, 0.2) is 0 Å². The van der Waals surface area contributed by atoms with Crippen LogP contribution in [0, 0.1) is 13.8 Å². The van der Waals surface area contributed by atoms with Crippen LogP contribution in [0.25, 0.3) is 11.4 Å². The number of hydrogen-bond donors (Lipinski definition) is 0. The molecule has 6 heteroatoms. The van der Waals surface area contributed by atoms with Crippen molar-refractivity contribution in [3.8, 4) is 11.4 Å². The number of aromatic nitrogens is 2. The Morgan fingerprint density at radius 3 is 2.65 bits per heavy atom. The second-order valence-electron chi connectivity index (χ2n) is 6.72. The van der Waals surface area contributed by atoms with Crippen molar-refractivity contribution in [2.45, 2.75) is 26.2 Å². The summed E-state index contributed by atoms with van der Waals surface area (Å²) in [6, 6.07) is 13.9. The molecule has 1 saturated heterocycles. The lowest BCUT2D eigenvalue weighted by Crippen LogP contribution is -2.24. The van der Waals surface area contributed by atoms with E-state index in [-0.39, 0.29) is 11.8 Å². The quantitative estimate of drug-likeness (QED) is 0.629. The molecular weight excluding hydrogens is 394 g/mol. The SMILES string of the molecule is Cc1cc(C)cc(N2CC(c3nc(-c4cccc(Br)c4)no3)CC2=O)c1. The first-order valence-electron chi connectivity index (χ1n) is 8.48. The lowest BCUT2D eigenvalue weighted by Gasteiger charge is -2.17. The maximum absolute atomic E-state index is 12.5. The molecule has 26 heavy (non-hydrogen) atoms. The Kier molecular flexibility index (Phi) is 4.36. The van der Waals surface area contributed by atoms with Gasteiger partial charge in [-0.3, -0.25) is 4.79 Å². The van der Waals surface area contributed by atoms with Crippen molar-refractivity contribution >= 4 is 27.5 Å². The third-order valence-corrected chi connectivity index (χ3v) is 5.01. The average Bonchev–Trinajstić information content (AvgIpc) is 3.20. The lowest BCUT2D eigenvalue weighted by atomic mass is 10.1. The molecule has 1 unspecified atom stereocenters. The maximum atomic E-state index is 12.5. The lowest BCUT2D eigenvalue weighted by molar-refractivity contribution is -0.117. The molecule has 2 heterocycles. The summed E-state index contributed by atoms with van der Waals surface area (Å²) in [6.07, 6.45) is 0.382. The zero-order valence-electron chi connectivity index (χ0n) is 14.6. The highest BCUT2D eigenvalue weighted by molar-refractivity contribution is 9.10. The number of amides is 1. The van der Waals surface area contributed by atoms with Gasteiger partial charge in [-0.2, -0.15) is 4.98 Å². The molecule has 0 bridgehead atoms. The number of rotatable bonds is 3. The molecule has 0 radical (unpaired) electrons. The minimum atomic E-state index is -0.0864. The Morgan fingerprint density at radius 1 is 1.15 bits per heavy atom. The first-order valence-corrected chi connectivity index (χ1v) is 9.27. The van der Waals surface area contributed by atoms with Crippen LogP contribution in [-0.2, 0) is 4.79 Å². The first-order chi connectivity index (χ1) is 12.5. The number of hydrogen-bond acceptors (Lipinski definition) is 4. The minimum absolute atomic E-state index is 0.0854. The molecule has 3 aromatic rings. The molecule has 1 amide bonds. The van der Waals surface area contributed by atoms with Gasteiger partial charge in [-0.15, -0.1) is 0 Å². The van der Waals surface area contributed by atoms with E-state index in [9.17, 15) is 4.79 Å². The Labute approximate surface area is 160 Å². The number of carbonyl (C=O) groups excluding carboxylic acids is 1. The van der Waals surface area contributed by atoms with Crippen molar-refractivity contribution in [2.75, 3.05) is 11.4 Å². The summed E-state index contributed by atoms with van der Waals surface area (Å²) in [5.41, 5.74) is 4.10. The molecule has 0 N–H and O–H groups in total. The van der Waals surface area contributed by atoms with Gasteiger partial charge >= 0.3 is 0 Å². The molecule has 1 atom stereocenters. The normalized spacial score (nSPS) is 17.1. The minimum Gasteiger partial charge on any atom is -0.339 e. The summed E-state index contributed by atoms with van der Waals surface area (Å²) in [5.74, 6) is 1.05. The van der Waals surface area contributed by atoms with E-state index in [4.69, 9.17) is 4.52 Å². The van der Waals surface area contributed by atoms with E-state index in [1.165, 1.54) is 0 Å². The van der Waals surface area contributed by atoms with E-state index >= 15 is 0 Å². The maximum Gasteiger partial charge on any atom is 0.232 e. The van der Waals surface area contributed by atoms with E-state index < -0.39 is 0 Å². The van der Waals surface area contributed by atoms with Gasteiger partial charge in [-0.05, 0) is 49.2 Å². The number of aryl methyl sites for hydroxylation is 2. The molecule has 0 spiro atoms. The van der Waals surface area contributed by atoms with Crippen LogP contribution < -0.4 is 4.90 Å². The molecule has 0 saturated carbocycles. The summed E-state index contributed by atoms with van der Waals surface area (Å²) in [5, 5.41) is 4.09. The van der Waals surface area contributed by atoms with Crippen molar-refractivity contribution in [2.24, 2.45) is 0 Å². The van der Waals surface area contributed by atoms with E-state index in [0.29, 0.717) is 24.7 Å². The standard InChI is InChI=1S/C20H18BrN3O2/c1-12-6-13(2)8-17(7-12)24-11-15(10-18(24)25)20-22-19(23-26-20)14-4-3-5-16(21)9-14/h3-9,15H,10-11H2,1-2H3. The van der Waals surface area contributed by atoms with Crippen molar-refractivity contribution in [3.05, 3.63) is 64.0 Å². The summed E-state index contributed by atoms with van der Waals surface area (Å²) in [7, 11) is 0. The smallest absolute Gasteiger partial charge is 0.232 e. The topological polar surface area (TPSA) is 59.2 Å². The molecule has 132 valence electrons. The number of anilines is 1. The summed E-state index contributed by atoms with van der Waals surface area (Å²) < 4.78 is 6.42. The molecular formula is C20H18BrN3O2. The summed E-state index contributed by atoms with van der Waals surface area (Å²) in [6.45, 7) is 4.63. The van der Waals surface area contributed by atoms with Gasteiger partial charge in [0.1, 0.15) is 0 Å². The van der Waals surface area contributed by atoms with Crippen LogP contribution in [0.3, 0.4) is 0 Å². The van der Waals surface area contributed by atoms with Crippen molar-refractivity contribution in [1.29, 1.82) is 0 Å². The van der Waals surface area contributed by atoms with Crippen molar-refractivity contribution < 1.29 is 9.32 Å². The van der Waals surface area contributed by atoms with Gasteiger partial charge in [0.05, 0.1) is 5.92 Å². The zero-order valence-corrected chi connectivity index (χ0v) is 16.2. The van der Waals surface area contributed by atoms with Crippen molar-refractivity contribution in [3.63, 3.8) is 0 Å². The third kappa shape index (κ3) is 3.29. The van der Waals surface area contributed by atoms with Crippen LogP contribution in [-0.4, -0.2) is 22.6 Å². The largest absolute Gasteiger partial charge is 0.339 e. The Bertz CT molecular complexity index is 962. The van der Waals surface area contributed by atoms with Gasteiger partial charge < -0.3 is 9.42 Å². The molecule has 1 fully saturated rings. The monoisotopic (exact) mass is 411 g/mol. The van der Waals surface area contributed by atoms with Gasteiger partial charge in [0.2, 0.25) is 17.6 Å². The van der Waals surface area contributed by atoms with Crippen LogP contribution in [0.1, 0.15) is 29.4 Å². The number of halogens is 1. The van der Waals surface area contributed by atoms with Gasteiger partial charge in [-0.25, -0.2) is 0 Å². The molecule has 5 nitrogen and oxygen atoms in total. The number of carbonyl (C=O) groups is 1. The fourth-order valence-electron chi connectivity index (χ4n) is 3.37. The predicted molar refractivity (Wildman–Crippen MR) is 103 cm³/mol. The zero-order chi connectivity index (χ0) is 18.3. The highest BCUT2D eigenvalue weighted by atomic mass is 79.9. The van der Waals surface area contributed by atoms with Crippen LogP contribution in [0.4, 0.5) is 5.69 Å². The Hall–Kier alpha value is -2.47. The van der Waals surface area contributed by atoms with Crippen LogP contribution in [0.5, 0.6) is 0 Å². The molecule has 0 aliphatic carbocycles. The van der Waals surface area contributed by atoms with E-state index in [1.807, 2.05) is 55.1 Å². The fraction of sp³-hybridized carbons (Fsp3) is 0.250. The fourth-order valence-corrected chi connectivity index (χ4v) is 3.77. The Morgan fingerprint density at radius 2 is 1.92 bits per heavy atom. The van der Waals surface area contributed by atoms with E-state index in [1.54, 1.807) is 0 Å². The van der Waals surface area contributed by atoms with E-state index in [2.05, 4.69) is 32.1 Å². The van der Waals surface area contributed by atoms with Gasteiger partial charge in [0.25, 0.3) is 0 Å². The molecule has 1 aromatic heterocycles. The van der Waals surface area contributed by atoms with Gasteiger partial charge in [-0.1, -0.05) is 39.3 Å². The average molecular weight is 412 g/mol. The predicted octanol–water partition coefficient (Wildman–Crippen LogP) is 4.64. The Balaban J connectivity index is 1.58. The number of benzene rings is 2. The van der Waals surface area contributed by atoms with Crippen molar-refractivity contribution in [1.82, 2.24) is 10.1 Å². The van der Waals surface area contributed by atoms with Crippen LogP contribution in [0.2, 0.25) is 0 Å². The molecule has 2 aromatic carbocycles. The number of nitrogens with zero attached hydrogens (tertiary/aromatic N) is 3. The van der Waals surface area contributed by atoms with E-state index in [0.717, 1.165) is 26.9 Å². The first kappa shape index (κ1) is 17.0. The molecule has 4 rings (SSSR count). The second kappa shape index (κ2) is 6.68. The highest BCUT2D eigenvalue weighted by Crippen LogP contribution is 2.33. The summed E-state index contributed by atoms with van der Waals surface area (Å²) in [4.78, 5) is 18.9. The van der Waals surface area contributed by atoms with Crippen LogP contribution >= 0.6 is 15.9 Å². The second-order valence-corrected chi connectivity index (χ2v) is 7.63.